The number of hydrogen-bond acceptors (Lipinski definition) is 3. The van der Waals surface area contributed by atoms with Crippen LogP contribution in [0.3, 0.4) is 0 Å². The van der Waals surface area contributed by atoms with E-state index in [0.29, 0.717) is 23.2 Å². The average molecular weight is 295 g/mol. The van der Waals surface area contributed by atoms with Crippen LogP contribution in [0.25, 0.3) is 0 Å². The van der Waals surface area contributed by atoms with Crippen molar-refractivity contribution in [1.29, 1.82) is 0 Å². The number of carbonyl (C=O) groups is 1. The Morgan fingerprint density at radius 1 is 1.30 bits per heavy atom. The van der Waals surface area contributed by atoms with E-state index in [1.54, 1.807) is 18.2 Å². The van der Waals surface area contributed by atoms with Gasteiger partial charge in [-0.15, -0.1) is 0 Å². The second kappa shape index (κ2) is 6.39. The summed E-state index contributed by atoms with van der Waals surface area (Å²) in [5.74, 6) is 0.256. The maximum atomic E-state index is 13.5. The molecule has 3 nitrogen and oxygen atoms in total. The largest absolute Gasteiger partial charge is 0.493 e. The summed E-state index contributed by atoms with van der Waals surface area (Å²) in [6, 6.07) is 9.27. The van der Waals surface area contributed by atoms with E-state index < -0.39 is 0 Å². The van der Waals surface area contributed by atoms with Crippen molar-refractivity contribution in [1.82, 2.24) is 0 Å². The third kappa shape index (κ3) is 3.08. The highest BCUT2D eigenvalue weighted by atomic mass is 35.5. The topological polar surface area (TPSA) is 35.5 Å². The number of carbonyl (C=O) groups excluding carboxylic acids is 1. The van der Waals surface area contributed by atoms with Crippen LogP contribution in [-0.4, -0.2) is 13.4 Å². The first kappa shape index (κ1) is 14.3. The Kier molecular flexibility index (Phi) is 4.58. The Bertz CT molecular complexity index is 629. The number of halogens is 2. The molecule has 0 radical (unpaired) electrons. The van der Waals surface area contributed by atoms with Gasteiger partial charge in [0.2, 0.25) is 0 Å². The molecule has 2 rings (SSSR count). The smallest absolute Gasteiger partial charge is 0.180 e. The summed E-state index contributed by atoms with van der Waals surface area (Å²) in [5.41, 5.74) is 0.787. The SMILES string of the molecule is COc1cc(C=O)cc(Cl)c1OCc1ccccc1F. The van der Waals surface area contributed by atoms with Crippen molar-refractivity contribution in [2.24, 2.45) is 0 Å². The molecular formula is C15H12ClFO3. The van der Waals surface area contributed by atoms with Gasteiger partial charge in [-0.1, -0.05) is 29.8 Å². The van der Waals surface area contributed by atoms with Crippen LogP contribution in [0.4, 0.5) is 4.39 Å². The van der Waals surface area contributed by atoms with Crippen LogP contribution in [0.2, 0.25) is 5.02 Å². The monoisotopic (exact) mass is 294 g/mol. The van der Waals surface area contributed by atoms with Gasteiger partial charge in [-0.2, -0.15) is 0 Å². The Morgan fingerprint density at radius 2 is 2.05 bits per heavy atom. The van der Waals surface area contributed by atoms with Gasteiger partial charge < -0.3 is 9.47 Å². The minimum absolute atomic E-state index is 0.0171. The molecule has 0 saturated carbocycles. The molecule has 5 heteroatoms. The van der Waals surface area contributed by atoms with Gasteiger partial charge in [-0.05, 0) is 18.2 Å². The molecule has 0 saturated heterocycles. The summed E-state index contributed by atoms with van der Waals surface area (Å²) < 4.78 is 24.1. The lowest BCUT2D eigenvalue weighted by Crippen LogP contribution is -2.01. The van der Waals surface area contributed by atoms with Crippen LogP contribution < -0.4 is 9.47 Å². The van der Waals surface area contributed by atoms with Crippen molar-refractivity contribution in [3.8, 4) is 11.5 Å². The van der Waals surface area contributed by atoms with Gasteiger partial charge in [0.25, 0.3) is 0 Å². The molecule has 0 spiro atoms. The summed E-state index contributed by atoms with van der Waals surface area (Å²) in [7, 11) is 1.44. The number of methoxy groups -OCH3 is 1. The number of rotatable bonds is 5. The zero-order valence-corrected chi connectivity index (χ0v) is 11.5. The molecule has 0 amide bonds. The van der Waals surface area contributed by atoms with E-state index in [1.807, 2.05) is 0 Å². The van der Waals surface area contributed by atoms with E-state index in [9.17, 15) is 9.18 Å². The summed E-state index contributed by atoms with van der Waals surface area (Å²) in [5, 5.41) is 0.239. The Morgan fingerprint density at radius 3 is 2.70 bits per heavy atom. The molecule has 104 valence electrons. The summed E-state index contributed by atoms with van der Waals surface area (Å²) >= 11 is 6.04. The van der Waals surface area contributed by atoms with Crippen molar-refractivity contribution < 1.29 is 18.7 Å². The molecule has 0 fully saturated rings. The van der Waals surface area contributed by atoms with Gasteiger partial charge in [0.15, 0.2) is 11.5 Å². The van der Waals surface area contributed by atoms with E-state index in [0.717, 1.165) is 0 Å². The molecule has 0 unspecified atom stereocenters. The Balaban J connectivity index is 2.25. The summed E-state index contributed by atoms with van der Waals surface area (Å²) in [4.78, 5) is 10.8. The van der Waals surface area contributed by atoms with Gasteiger partial charge >= 0.3 is 0 Å². The lowest BCUT2D eigenvalue weighted by atomic mass is 10.2. The zero-order chi connectivity index (χ0) is 14.5. The van der Waals surface area contributed by atoms with Crippen molar-refractivity contribution in [3.63, 3.8) is 0 Å². The van der Waals surface area contributed by atoms with Gasteiger partial charge in [-0.25, -0.2) is 4.39 Å². The fraction of sp³-hybridized carbons (Fsp3) is 0.133. The van der Waals surface area contributed by atoms with Crippen LogP contribution in [0, 0.1) is 5.82 Å². The highest BCUT2D eigenvalue weighted by Crippen LogP contribution is 2.36. The summed E-state index contributed by atoms with van der Waals surface area (Å²) in [6.45, 7) is 0.0171. The van der Waals surface area contributed by atoms with Crippen molar-refractivity contribution in [2.75, 3.05) is 7.11 Å². The molecule has 2 aromatic carbocycles. The van der Waals surface area contributed by atoms with E-state index in [4.69, 9.17) is 21.1 Å². The Labute approximate surface area is 120 Å². The highest BCUT2D eigenvalue weighted by molar-refractivity contribution is 6.32. The highest BCUT2D eigenvalue weighted by Gasteiger charge is 2.13. The predicted molar refractivity (Wildman–Crippen MR) is 74.1 cm³/mol. The first-order chi connectivity index (χ1) is 9.65. The molecule has 0 aliphatic rings. The number of aldehydes is 1. The van der Waals surface area contributed by atoms with Crippen LogP contribution >= 0.6 is 11.6 Å². The maximum absolute atomic E-state index is 13.5. The normalized spacial score (nSPS) is 10.2. The van der Waals surface area contributed by atoms with E-state index in [2.05, 4.69) is 0 Å². The van der Waals surface area contributed by atoms with Crippen LogP contribution in [-0.2, 0) is 6.61 Å². The fourth-order valence-corrected chi connectivity index (χ4v) is 1.99. The molecule has 0 aromatic heterocycles. The van der Waals surface area contributed by atoms with Crippen molar-refractivity contribution in [2.45, 2.75) is 6.61 Å². The van der Waals surface area contributed by atoms with Crippen LogP contribution in [0.5, 0.6) is 11.5 Å². The van der Waals surface area contributed by atoms with Gasteiger partial charge in [0, 0.05) is 11.1 Å². The van der Waals surface area contributed by atoms with E-state index in [1.165, 1.54) is 25.3 Å². The second-order valence-electron chi connectivity index (χ2n) is 4.03. The van der Waals surface area contributed by atoms with Gasteiger partial charge in [0.1, 0.15) is 18.7 Å². The molecule has 0 N–H and O–H groups in total. The van der Waals surface area contributed by atoms with E-state index in [-0.39, 0.29) is 23.2 Å². The van der Waals surface area contributed by atoms with E-state index >= 15 is 0 Å². The lowest BCUT2D eigenvalue weighted by molar-refractivity contribution is 0.112. The molecule has 0 aliphatic heterocycles. The molecule has 0 atom stereocenters. The maximum Gasteiger partial charge on any atom is 0.180 e. The standard InChI is InChI=1S/C15H12ClFO3/c1-19-14-7-10(8-18)6-12(16)15(14)20-9-11-4-2-3-5-13(11)17/h2-8H,9H2,1H3. The zero-order valence-electron chi connectivity index (χ0n) is 10.7. The molecule has 0 heterocycles. The summed E-state index contributed by atoms with van der Waals surface area (Å²) in [6.07, 6.45) is 0.662. The fourth-order valence-electron chi connectivity index (χ4n) is 1.71. The predicted octanol–water partition coefficient (Wildman–Crippen LogP) is 3.88. The number of ether oxygens (including phenoxy) is 2. The second-order valence-corrected chi connectivity index (χ2v) is 4.44. The molecule has 2 aromatic rings. The molecule has 0 aliphatic carbocycles. The molecule has 20 heavy (non-hydrogen) atoms. The van der Waals surface area contributed by atoms with Crippen molar-refractivity contribution in [3.05, 3.63) is 58.4 Å². The van der Waals surface area contributed by atoms with Gasteiger partial charge in [0.05, 0.1) is 12.1 Å². The minimum Gasteiger partial charge on any atom is -0.493 e. The number of benzene rings is 2. The number of hydrogen-bond donors (Lipinski definition) is 0. The quantitative estimate of drug-likeness (QED) is 0.785. The third-order valence-electron chi connectivity index (χ3n) is 2.72. The van der Waals surface area contributed by atoms with Gasteiger partial charge in [-0.3, -0.25) is 4.79 Å². The first-order valence-electron chi connectivity index (χ1n) is 5.84. The lowest BCUT2D eigenvalue weighted by Gasteiger charge is -2.13. The van der Waals surface area contributed by atoms with Crippen LogP contribution in [0.15, 0.2) is 36.4 Å². The molecular weight excluding hydrogens is 283 g/mol. The average Bonchev–Trinajstić information content (AvgIpc) is 2.46. The van der Waals surface area contributed by atoms with Crippen molar-refractivity contribution >= 4 is 17.9 Å². The third-order valence-corrected chi connectivity index (χ3v) is 3.00. The molecule has 0 bridgehead atoms. The first-order valence-corrected chi connectivity index (χ1v) is 6.22. The minimum atomic E-state index is -0.355. The van der Waals surface area contributed by atoms with Crippen LogP contribution in [0.1, 0.15) is 15.9 Å². The Hall–Kier alpha value is -2.07.